The van der Waals surface area contributed by atoms with E-state index >= 15 is 0 Å². The summed E-state index contributed by atoms with van der Waals surface area (Å²) >= 11 is 0. The molecule has 0 bridgehead atoms. The van der Waals surface area contributed by atoms with Crippen molar-refractivity contribution in [2.45, 2.75) is 46.1 Å². The lowest BCUT2D eigenvalue weighted by atomic mass is 10.1. The molecule has 1 amide bonds. The van der Waals surface area contributed by atoms with Crippen LogP contribution in [-0.2, 0) is 29.0 Å². The third-order valence-electron chi connectivity index (χ3n) is 3.60. The van der Waals surface area contributed by atoms with Gasteiger partial charge in [0.25, 0.3) is 0 Å². The van der Waals surface area contributed by atoms with Crippen molar-refractivity contribution in [1.82, 2.24) is 14.7 Å². The number of Topliss-reactive ketones (excluding diaryl/α,β-unsaturated/α-hetero) is 1. The fraction of sp³-hybridized carbons (Fsp3) is 0.643. The largest absolute Gasteiger partial charge is 0.340 e. The Kier molecular flexibility index (Phi) is 4.35. The summed E-state index contributed by atoms with van der Waals surface area (Å²) in [6.07, 6.45) is 2.74. The number of rotatable bonds is 4. The maximum absolute atomic E-state index is 12.2. The molecule has 0 radical (unpaired) electrons. The highest BCUT2D eigenvalue weighted by Gasteiger charge is 2.21. The van der Waals surface area contributed by atoms with Gasteiger partial charge in [-0.25, -0.2) is 0 Å². The number of ketones is 1. The average Bonchev–Trinajstić information content (AvgIpc) is 2.81. The number of hydrogen-bond donors (Lipinski definition) is 0. The van der Waals surface area contributed by atoms with E-state index in [-0.39, 0.29) is 18.2 Å². The van der Waals surface area contributed by atoms with Crippen molar-refractivity contribution in [2.24, 2.45) is 0 Å². The standard InChI is InChI=1S/C14H21N3O2/c1-3-11-9-12(4-2)17(15-11)10-14(19)16-7-5-13(18)6-8-16/h9H,3-8,10H2,1-2H3. The van der Waals surface area contributed by atoms with Crippen LogP contribution >= 0.6 is 0 Å². The monoisotopic (exact) mass is 263 g/mol. The zero-order chi connectivity index (χ0) is 13.8. The smallest absolute Gasteiger partial charge is 0.244 e. The Morgan fingerprint density at radius 3 is 2.53 bits per heavy atom. The van der Waals surface area contributed by atoms with Gasteiger partial charge in [0.2, 0.25) is 5.91 Å². The zero-order valence-corrected chi connectivity index (χ0v) is 11.7. The van der Waals surface area contributed by atoms with Crippen molar-refractivity contribution in [3.05, 3.63) is 17.5 Å². The van der Waals surface area contributed by atoms with Crippen molar-refractivity contribution >= 4 is 11.7 Å². The third-order valence-corrected chi connectivity index (χ3v) is 3.60. The lowest BCUT2D eigenvalue weighted by molar-refractivity contribution is -0.135. The number of hydrogen-bond acceptors (Lipinski definition) is 3. The Bertz CT molecular complexity index is 469. The first-order valence-electron chi connectivity index (χ1n) is 6.99. The Labute approximate surface area is 113 Å². The molecule has 2 heterocycles. The number of aromatic nitrogens is 2. The van der Waals surface area contributed by atoms with Crippen LogP contribution < -0.4 is 0 Å². The average molecular weight is 263 g/mol. The molecule has 19 heavy (non-hydrogen) atoms. The summed E-state index contributed by atoms with van der Waals surface area (Å²) in [5.41, 5.74) is 2.12. The summed E-state index contributed by atoms with van der Waals surface area (Å²) in [6.45, 7) is 5.53. The molecular weight excluding hydrogens is 242 g/mol. The maximum atomic E-state index is 12.2. The van der Waals surface area contributed by atoms with Crippen LogP contribution in [0.5, 0.6) is 0 Å². The molecule has 0 unspecified atom stereocenters. The Morgan fingerprint density at radius 1 is 1.26 bits per heavy atom. The number of nitrogens with zero attached hydrogens (tertiary/aromatic N) is 3. The predicted molar refractivity (Wildman–Crippen MR) is 71.8 cm³/mol. The normalized spacial score (nSPS) is 15.9. The van der Waals surface area contributed by atoms with Gasteiger partial charge in [-0.05, 0) is 18.9 Å². The number of aryl methyl sites for hydroxylation is 2. The van der Waals surface area contributed by atoms with Gasteiger partial charge in [0.05, 0.1) is 5.69 Å². The van der Waals surface area contributed by atoms with E-state index in [4.69, 9.17) is 0 Å². The number of piperidine rings is 1. The van der Waals surface area contributed by atoms with E-state index in [0.29, 0.717) is 25.9 Å². The second kappa shape index (κ2) is 5.99. The van der Waals surface area contributed by atoms with Gasteiger partial charge in [-0.15, -0.1) is 0 Å². The molecule has 0 atom stereocenters. The van der Waals surface area contributed by atoms with Crippen LogP contribution in [0.1, 0.15) is 38.1 Å². The third kappa shape index (κ3) is 3.22. The van der Waals surface area contributed by atoms with Gasteiger partial charge in [-0.3, -0.25) is 14.3 Å². The summed E-state index contributed by atoms with van der Waals surface area (Å²) in [5, 5.41) is 4.45. The van der Waals surface area contributed by atoms with Gasteiger partial charge in [-0.1, -0.05) is 13.8 Å². The SMILES string of the molecule is CCc1cc(CC)n(CC(=O)N2CCC(=O)CC2)n1. The van der Waals surface area contributed by atoms with E-state index in [0.717, 1.165) is 24.2 Å². The van der Waals surface area contributed by atoms with Crippen LogP contribution in [-0.4, -0.2) is 39.5 Å². The molecule has 1 aromatic rings. The van der Waals surface area contributed by atoms with E-state index in [1.165, 1.54) is 0 Å². The fourth-order valence-electron chi connectivity index (χ4n) is 2.34. The van der Waals surface area contributed by atoms with E-state index in [1.807, 2.05) is 0 Å². The first kappa shape index (κ1) is 13.8. The molecule has 0 N–H and O–H groups in total. The number of likely N-dealkylation sites (tertiary alicyclic amines) is 1. The van der Waals surface area contributed by atoms with Crippen LogP contribution in [0.3, 0.4) is 0 Å². The molecule has 1 aliphatic rings. The van der Waals surface area contributed by atoms with Gasteiger partial charge in [0, 0.05) is 31.6 Å². The highest BCUT2D eigenvalue weighted by molar-refractivity contribution is 5.83. The summed E-state index contributed by atoms with van der Waals surface area (Å²) in [6, 6.07) is 2.06. The maximum Gasteiger partial charge on any atom is 0.244 e. The molecule has 5 nitrogen and oxygen atoms in total. The molecule has 0 saturated carbocycles. The minimum absolute atomic E-state index is 0.0629. The van der Waals surface area contributed by atoms with Crippen LogP contribution in [0.2, 0.25) is 0 Å². The predicted octanol–water partition coefficient (Wildman–Crippen LogP) is 1.20. The van der Waals surface area contributed by atoms with E-state index in [9.17, 15) is 9.59 Å². The summed E-state index contributed by atoms with van der Waals surface area (Å²) in [4.78, 5) is 25.1. The summed E-state index contributed by atoms with van der Waals surface area (Å²) < 4.78 is 1.80. The second-order valence-corrected chi connectivity index (χ2v) is 4.91. The first-order valence-corrected chi connectivity index (χ1v) is 6.99. The molecule has 0 aliphatic carbocycles. The minimum atomic E-state index is 0.0629. The lowest BCUT2D eigenvalue weighted by Gasteiger charge is -2.26. The molecular formula is C14H21N3O2. The Balaban J connectivity index is 2.02. The molecule has 1 fully saturated rings. The van der Waals surface area contributed by atoms with Crippen LogP contribution in [0.25, 0.3) is 0 Å². The number of amides is 1. The molecule has 0 spiro atoms. The molecule has 104 valence electrons. The number of carbonyl (C=O) groups excluding carboxylic acids is 2. The molecule has 1 aromatic heterocycles. The Hall–Kier alpha value is -1.65. The fourth-order valence-corrected chi connectivity index (χ4v) is 2.34. The van der Waals surface area contributed by atoms with Gasteiger partial charge >= 0.3 is 0 Å². The van der Waals surface area contributed by atoms with E-state index < -0.39 is 0 Å². The first-order chi connectivity index (χ1) is 9.13. The van der Waals surface area contributed by atoms with Gasteiger partial charge < -0.3 is 4.90 Å². The van der Waals surface area contributed by atoms with Crippen molar-refractivity contribution in [3.8, 4) is 0 Å². The van der Waals surface area contributed by atoms with Crippen LogP contribution in [0.15, 0.2) is 6.07 Å². The molecule has 1 aliphatic heterocycles. The van der Waals surface area contributed by atoms with Crippen molar-refractivity contribution in [3.63, 3.8) is 0 Å². The highest BCUT2D eigenvalue weighted by atomic mass is 16.2. The summed E-state index contributed by atoms with van der Waals surface area (Å²) in [7, 11) is 0. The van der Waals surface area contributed by atoms with Gasteiger partial charge in [0.1, 0.15) is 12.3 Å². The van der Waals surface area contributed by atoms with Crippen LogP contribution in [0.4, 0.5) is 0 Å². The molecule has 2 rings (SSSR count). The van der Waals surface area contributed by atoms with Crippen molar-refractivity contribution in [1.29, 1.82) is 0 Å². The molecule has 5 heteroatoms. The van der Waals surface area contributed by atoms with Gasteiger partial charge in [-0.2, -0.15) is 5.10 Å². The van der Waals surface area contributed by atoms with Crippen molar-refractivity contribution in [2.75, 3.05) is 13.1 Å². The van der Waals surface area contributed by atoms with Crippen LogP contribution in [0, 0.1) is 0 Å². The molecule has 1 saturated heterocycles. The van der Waals surface area contributed by atoms with Gasteiger partial charge in [0.15, 0.2) is 0 Å². The lowest BCUT2D eigenvalue weighted by Crippen LogP contribution is -2.40. The van der Waals surface area contributed by atoms with E-state index in [1.54, 1.807) is 9.58 Å². The van der Waals surface area contributed by atoms with E-state index in [2.05, 4.69) is 25.0 Å². The number of carbonyl (C=O) groups is 2. The highest BCUT2D eigenvalue weighted by Crippen LogP contribution is 2.10. The zero-order valence-electron chi connectivity index (χ0n) is 11.7. The minimum Gasteiger partial charge on any atom is -0.340 e. The topological polar surface area (TPSA) is 55.2 Å². The Morgan fingerprint density at radius 2 is 1.95 bits per heavy atom. The van der Waals surface area contributed by atoms with Crippen molar-refractivity contribution < 1.29 is 9.59 Å². The summed E-state index contributed by atoms with van der Waals surface area (Å²) in [5.74, 6) is 0.318. The quantitative estimate of drug-likeness (QED) is 0.820. The molecule has 0 aromatic carbocycles. The second-order valence-electron chi connectivity index (χ2n) is 4.91.